The summed E-state index contributed by atoms with van der Waals surface area (Å²) in [5.74, 6) is -0.329. The maximum absolute atomic E-state index is 12.8. The molecule has 1 N–H and O–H groups in total. The monoisotopic (exact) mass is 444 g/mol. The van der Waals surface area contributed by atoms with Gasteiger partial charge < -0.3 is 9.84 Å². The lowest BCUT2D eigenvalue weighted by Gasteiger charge is -2.22. The first-order valence-electron chi connectivity index (χ1n) is 8.99. The fraction of sp³-hybridized carbons (Fsp3) is 0.286. The van der Waals surface area contributed by atoms with Crippen molar-refractivity contribution in [2.24, 2.45) is 5.10 Å². The van der Waals surface area contributed by atoms with E-state index in [1.807, 2.05) is 48.5 Å². The van der Waals surface area contributed by atoms with Gasteiger partial charge in [-0.2, -0.15) is 5.10 Å². The number of carbonyl (C=O) groups excluding carboxylic acids is 1. The van der Waals surface area contributed by atoms with E-state index in [-0.39, 0.29) is 24.8 Å². The maximum Gasteiger partial charge on any atom is 0.303 e. The highest BCUT2D eigenvalue weighted by atomic mass is 79.9. The number of nitrogens with zero attached hydrogens (tertiary/aromatic N) is 2. The van der Waals surface area contributed by atoms with E-state index in [4.69, 9.17) is 9.84 Å². The number of methoxy groups -OCH3 is 1. The summed E-state index contributed by atoms with van der Waals surface area (Å²) in [7, 11) is 1.61. The Kier molecular flexibility index (Phi) is 6.46. The number of hydrogen-bond donors (Lipinski definition) is 1. The van der Waals surface area contributed by atoms with Gasteiger partial charge in [0.15, 0.2) is 0 Å². The van der Waals surface area contributed by atoms with E-state index < -0.39 is 5.97 Å². The largest absolute Gasteiger partial charge is 0.497 e. The van der Waals surface area contributed by atoms with Crippen molar-refractivity contribution in [1.82, 2.24) is 5.01 Å². The fourth-order valence-corrected chi connectivity index (χ4v) is 3.41. The summed E-state index contributed by atoms with van der Waals surface area (Å²) in [5, 5.41) is 14.9. The molecule has 1 amide bonds. The van der Waals surface area contributed by atoms with E-state index in [1.54, 1.807) is 7.11 Å². The molecule has 2 aromatic rings. The number of carboxylic acids is 1. The molecule has 0 unspecified atom stereocenters. The van der Waals surface area contributed by atoms with Crippen molar-refractivity contribution in [3.05, 3.63) is 64.1 Å². The number of carbonyl (C=O) groups is 2. The molecule has 0 bridgehead atoms. The van der Waals surface area contributed by atoms with Crippen LogP contribution in [0.15, 0.2) is 58.1 Å². The van der Waals surface area contributed by atoms with Crippen LogP contribution in [0.5, 0.6) is 5.75 Å². The fourth-order valence-electron chi connectivity index (χ4n) is 3.15. The van der Waals surface area contributed by atoms with Crippen LogP contribution in [0.4, 0.5) is 0 Å². The summed E-state index contributed by atoms with van der Waals surface area (Å²) in [6.07, 6.45) is 1.01. The van der Waals surface area contributed by atoms with Crippen LogP contribution >= 0.6 is 15.9 Å². The van der Waals surface area contributed by atoms with E-state index in [2.05, 4.69) is 21.0 Å². The average Bonchev–Trinajstić information content (AvgIpc) is 3.14. The van der Waals surface area contributed by atoms with Crippen LogP contribution in [0, 0.1) is 0 Å². The van der Waals surface area contributed by atoms with Crippen molar-refractivity contribution >= 4 is 33.5 Å². The Morgan fingerprint density at radius 3 is 2.43 bits per heavy atom. The van der Waals surface area contributed by atoms with Crippen LogP contribution in [0.2, 0.25) is 0 Å². The van der Waals surface area contributed by atoms with Gasteiger partial charge in [-0.1, -0.05) is 40.2 Å². The van der Waals surface area contributed by atoms with Crippen molar-refractivity contribution in [2.75, 3.05) is 7.11 Å². The van der Waals surface area contributed by atoms with Gasteiger partial charge in [0.05, 0.1) is 18.9 Å². The number of amides is 1. The molecule has 3 rings (SSSR count). The molecule has 1 atom stereocenters. The first-order chi connectivity index (χ1) is 13.5. The van der Waals surface area contributed by atoms with Crippen LogP contribution in [-0.2, 0) is 9.59 Å². The standard InChI is InChI=1S/C21H21BrN2O4/c1-28-17-11-7-15(8-12-17)19-13-18(14-5-9-16(22)10-6-14)23-24(19)20(25)3-2-4-21(26)27/h5-12,19H,2-4,13H2,1H3,(H,26,27)/t19-/m0/s1. The van der Waals surface area contributed by atoms with E-state index in [0.717, 1.165) is 27.1 Å². The summed E-state index contributed by atoms with van der Waals surface area (Å²) < 4.78 is 6.19. The minimum Gasteiger partial charge on any atom is -0.497 e. The normalized spacial score (nSPS) is 16.0. The van der Waals surface area contributed by atoms with E-state index in [9.17, 15) is 9.59 Å². The molecule has 1 aliphatic heterocycles. The first kappa shape index (κ1) is 20.1. The molecule has 0 aliphatic carbocycles. The maximum atomic E-state index is 12.8. The number of halogens is 1. The molecule has 0 saturated heterocycles. The van der Waals surface area contributed by atoms with Crippen molar-refractivity contribution in [1.29, 1.82) is 0 Å². The van der Waals surface area contributed by atoms with Crippen LogP contribution in [0.3, 0.4) is 0 Å². The topological polar surface area (TPSA) is 79.2 Å². The Morgan fingerprint density at radius 2 is 1.82 bits per heavy atom. The van der Waals surface area contributed by atoms with Gasteiger partial charge in [-0.15, -0.1) is 0 Å². The summed E-state index contributed by atoms with van der Waals surface area (Å²) in [4.78, 5) is 23.5. The number of hydrogen-bond acceptors (Lipinski definition) is 4. The Bertz CT molecular complexity index is 878. The smallest absolute Gasteiger partial charge is 0.303 e. The minimum absolute atomic E-state index is 0.0317. The Morgan fingerprint density at radius 1 is 1.14 bits per heavy atom. The molecule has 0 radical (unpaired) electrons. The van der Waals surface area contributed by atoms with Crippen molar-refractivity contribution in [3.63, 3.8) is 0 Å². The molecule has 1 aliphatic rings. The van der Waals surface area contributed by atoms with Gasteiger partial charge in [0.25, 0.3) is 0 Å². The second-order valence-electron chi connectivity index (χ2n) is 6.53. The van der Waals surface area contributed by atoms with Crippen molar-refractivity contribution < 1.29 is 19.4 Å². The second kappa shape index (κ2) is 9.01. The molecule has 0 saturated carbocycles. The molecule has 0 fully saturated rings. The predicted octanol–water partition coefficient (Wildman–Crippen LogP) is 4.39. The molecule has 2 aromatic carbocycles. The molecule has 146 valence electrons. The van der Waals surface area contributed by atoms with Crippen LogP contribution in [0.25, 0.3) is 0 Å². The zero-order valence-electron chi connectivity index (χ0n) is 15.5. The predicted molar refractivity (Wildman–Crippen MR) is 109 cm³/mol. The average molecular weight is 445 g/mol. The van der Waals surface area contributed by atoms with E-state index in [1.165, 1.54) is 5.01 Å². The zero-order chi connectivity index (χ0) is 20.1. The quantitative estimate of drug-likeness (QED) is 0.686. The van der Waals surface area contributed by atoms with Crippen LogP contribution < -0.4 is 4.74 Å². The number of benzene rings is 2. The molecule has 0 aromatic heterocycles. The highest BCUT2D eigenvalue weighted by molar-refractivity contribution is 9.10. The van der Waals surface area contributed by atoms with Crippen molar-refractivity contribution in [3.8, 4) is 5.75 Å². The van der Waals surface area contributed by atoms with Crippen LogP contribution in [0.1, 0.15) is 42.9 Å². The van der Waals surface area contributed by atoms with Gasteiger partial charge in [0.2, 0.25) is 5.91 Å². The van der Waals surface area contributed by atoms with Gasteiger partial charge in [-0.25, -0.2) is 5.01 Å². The number of aliphatic carboxylic acids is 1. The number of carboxylic acid groups (broad SMARTS) is 1. The Hall–Kier alpha value is -2.67. The highest BCUT2D eigenvalue weighted by Crippen LogP contribution is 2.34. The highest BCUT2D eigenvalue weighted by Gasteiger charge is 2.32. The molecular formula is C21H21BrN2O4. The Balaban J connectivity index is 1.84. The second-order valence-corrected chi connectivity index (χ2v) is 7.45. The Labute approximate surface area is 171 Å². The van der Waals surface area contributed by atoms with Gasteiger partial charge in [0.1, 0.15) is 5.75 Å². The van der Waals surface area contributed by atoms with Gasteiger partial charge >= 0.3 is 5.97 Å². The first-order valence-corrected chi connectivity index (χ1v) is 9.78. The SMILES string of the molecule is COc1ccc([C@@H]2CC(c3ccc(Br)cc3)=NN2C(=O)CCCC(=O)O)cc1. The van der Waals surface area contributed by atoms with Crippen molar-refractivity contribution in [2.45, 2.75) is 31.7 Å². The lowest BCUT2D eigenvalue weighted by atomic mass is 9.98. The number of rotatable bonds is 7. The number of ether oxygens (including phenoxy) is 1. The van der Waals surface area contributed by atoms with Gasteiger partial charge in [-0.05, 0) is 41.8 Å². The van der Waals surface area contributed by atoms with Gasteiger partial charge in [0, 0.05) is 23.7 Å². The lowest BCUT2D eigenvalue weighted by molar-refractivity contribution is -0.137. The molecule has 7 heteroatoms. The summed E-state index contributed by atoms with van der Waals surface area (Å²) >= 11 is 3.43. The third kappa shape index (κ3) is 4.78. The van der Waals surface area contributed by atoms with Gasteiger partial charge in [-0.3, -0.25) is 9.59 Å². The summed E-state index contributed by atoms with van der Waals surface area (Å²) in [5.41, 5.74) is 2.76. The molecular weight excluding hydrogens is 424 g/mol. The van der Waals surface area contributed by atoms with E-state index in [0.29, 0.717) is 12.8 Å². The third-order valence-electron chi connectivity index (χ3n) is 4.63. The lowest BCUT2D eigenvalue weighted by Crippen LogP contribution is -2.27. The zero-order valence-corrected chi connectivity index (χ0v) is 17.1. The molecule has 28 heavy (non-hydrogen) atoms. The number of hydrazone groups is 1. The molecule has 0 spiro atoms. The van der Waals surface area contributed by atoms with E-state index >= 15 is 0 Å². The summed E-state index contributed by atoms with van der Waals surface area (Å²) in [6.45, 7) is 0. The minimum atomic E-state index is -0.903. The third-order valence-corrected chi connectivity index (χ3v) is 5.15. The summed E-state index contributed by atoms with van der Waals surface area (Å²) in [6, 6.07) is 15.2. The molecule has 1 heterocycles. The molecule has 6 nitrogen and oxygen atoms in total. The van der Waals surface area contributed by atoms with Crippen LogP contribution in [-0.4, -0.2) is 34.8 Å².